The summed E-state index contributed by atoms with van der Waals surface area (Å²) in [5, 5.41) is 0. The largest absolute Gasteiger partial charge is 1.00 e. The summed E-state index contributed by atoms with van der Waals surface area (Å²) in [6.45, 7) is 6.41. The predicted molar refractivity (Wildman–Crippen MR) is 196 cm³/mol. The first-order valence-electron chi connectivity index (χ1n) is 19.2. The Morgan fingerprint density at radius 3 is 1.74 bits per heavy atom. The zero-order chi connectivity index (χ0) is 32.1. The fourth-order valence-corrected chi connectivity index (χ4v) is 6.78. The average molecular weight is 755 g/mol. The molecule has 1 aromatic heterocycles. The van der Waals surface area contributed by atoms with Crippen LogP contribution in [0.3, 0.4) is 0 Å². The number of oxazole rings is 1. The van der Waals surface area contributed by atoms with Crippen LogP contribution in [0.5, 0.6) is 5.75 Å². The smallest absolute Gasteiger partial charge is 0.374 e. The Kier molecular flexibility index (Phi) is 20.0. The van der Waals surface area contributed by atoms with Crippen LogP contribution < -0.4 is 38.2 Å². The van der Waals surface area contributed by atoms with Gasteiger partial charge in [0, 0.05) is 19.0 Å². The highest BCUT2D eigenvalue weighted by Gasteiger charge is 2.25. The molecular weight excluding hydrogens is 691 g/mol. The fourth-order valence-electron chi connectivity index (χ4n) is 6.78. The first kappa shape index (κ1) is 39.2. The van der Waals surface area contributed by atoms with Crippen LogP contribution in [0.1, 0.15) is 155 Å². The van der Waals surface area contributed by atoms with Crippen LogP contribution in [0.2, 0.25) is 0 Å². The third-order valence-electron chi connectivity index (χ3n) is 9.43. The molecule has 4 rings (SSSR count). The number of halogens is 1. The summed E-state index contributed by atoms with van der Waals surface area (Å²) in [4.78, 5) is 2.34. The minimum Gasteiger partial charge on any atom is -1.00 e. The van der Waals surface area contributed by atoms with E-state index < -0.39 is 0 Å². The Balaban J connectivity index is 0.00000600. The highest BCUT2D eigenvalue weighted by atomic mass is 127. The lowest BCUT2D eigenvalue weighted by molar-refractivity contribution is -0.678. The molecule has 0 saturated carbocycles. The molecule has 0 saturated heterocycles. The molecule has 1 aliphatic rings. The van der Waals surface area contributed by atoms with Crippen LogP contribution in [-0.4, -0.2) is 6.54 Å². The number of unbranched alkanes of at least 4 members (excludes halogenated alkanes) is 19. The average Bonchev–Trinajstić information content (AvgIpc) is 3.61. The van der Waals surface area contributed by atoms with Crippen LogP contribution in [0, 0.1) is 0 Å². The number of hydrogen-bond acceptors (Lipinski definition) is 3. The monoisotopic (exact) mass is 754 g/mol. The minimum absolute atomic E-state index is 0. The summed E-state index contributed by atoms with van der Waals surface area (Å²) < 4.78 is 14.7. The molecule has 0 fully saturated rings. The van der Waals surface area contributed by atoms with Crippen LogP contribution in [-0.2, 0) is 6.54 Å². The van der Waals surface area contributed by atoms with Crippen molar-refractivity contribution in [2.75, 3.05) is 11.4 Å². The normalized spacial score (nSPS) is 13.5. The number of aromatic nitrogens is 1. The van der Waals surface area contributed by atoms with E-state index in [1.165, 1.54) is 134 Å². The highest BCUT2D eigenvalue weighted by molar-refractivity contribution is 5.70. The van der Waals surface area contributed by atoms with Crippen LogP contribution >= 0.6 is 0 Å². The molecule has 0 atom stereocenters. The topological polar surface area (TPSA) is 29.5 Å². The molecule has 0 amide bonds. The molecular formula is C42H63IN2O2. The Bertz CT molecular complexity index is 1310. The molecule has 0 aliphatic carbocycles. The van der Waals surface area contributed by atoms with Crippen molar-refractivity contribution in [2.45, 2.75) is 155 Å². The number of benzene rings is 2. The predicted octanol–water partition coefficient (Wildman–Crippen LogP) is 9.71. The summed E-state index contributed by atoms with van der Waals surface area (Å²) >= 11 is 0. The molecule has 2 heterocycles. The third kappa shape index (κ3) is 13.6. The molecule has 0 N–H and O–H groups in total. The van der Waals surface area contributed by atoms with Gasteiger partial charge in [0.05, 0.1) is 11.8 Å². The fraction of sp³-hybridized carbons (Fsp3) is 0.595. The summed E-state index contributed by atoms with van der Waals surface area (Å²) in [6.07, 6.45) is 35.4. The van der Waals surface area contributed by atoms with E-state index in [2.05, 4.69) is 77.9 Å². The van der Waals surface area contributed by atoms with E-state index in [4.69, 9.17) is 9.15 Å². The van der Waals surface area contributed by atoms with Crippen molar-refractivity contribution in [3.05, 3.63) is 72.5 Å². The van der Waals surface area contributed by atoms with Crippen molar-refractivity contribution in [3.8, 4) is 5.75 Å². The third-order valence-corrected chi connectivity index (χ3v) is 9.43. The number of rotatable bonds is 25. The number of hydrogen-bond donors (Lipinski definition) is 0. The first-order chi connectivity index (χ1) is 22.8. The Hall–Kier alpha value is -2.28. The van der Waals surface area contributed by atoms with Gasteiger partial charge in [-0.05, 0) is 36.8 Å². The second kappa shape index (κ2) is 23.9. The molecule has 0 bridgehead atoms. The van der Waals surface area contributed by atoms with Gasteiger partial charge in [-0.15, -0.1) is 0 Å². The van der Waals surface area contributed by atoms with E-state index in [0.29, 0.717) is 0 Å². The van der Waals surface area contributed by atoms with E-state index in [1.54, 1.807) is 0 Å². The lowest BCUT2D eigenvalue weighted by Gasteiger charge is -2.18. The lowest BCUT2D eigenvalue weighted by Crippen LogP contribution is -3.00. The molecule has 0 unspecified atom stereocenters. The first-order valence-corrected chi connectivity index (χ1v) is 19.2. The van der Waals surface area contributed by atoms with Crippen LogP contribution in [0.15, 0.2) is 71.0 Å². The van der Waals surface area contributed by atoms with Gasteiger partial charge >= 0.3 is 5.89 Å². The maximum absolute atomic E-state index is 6.29. The van der Waals surface area contributed by atoms with Crippen LogP contribution in [0.4, 0.5) is 5.69 Å². The van der Waals surface area contributed by atoms with Gasteiger partial charge in [0.15, 0.2) is 12.3 Å². The van der Waals surface area contributed by atoms with E-state index in [1.807, 2.05) is 12.1 Å². The molecule has 1 aliphatic heterocycles. The number of fused-ring (bicyclic) bond motifs is 2. The zero-order valence-corrected chi connectivity index (χ0v) is 31.9. The maximum Gasteiger partial charge on any atom is 0.374 e. The van der Waals surface area contributed by atoms with E-state index in [-0.39, 0.29) is 24.0 Å². The molecule has 2 aromatic carbocycles. The van der Waals surface area contributed by atoms with E-state index in [9.17, 15) is 0 Å². The standard InChI is InChI=1S/C42H63N2O2.HI/c1-3-5-6-7-8-9-10-11-12-13-14-15-16-17-18-19-20-21-22-27-36-44-38-30-24-26-32-40(38)46-42(44)34-28-33-41-43(35-4-2)37-29-23-25-31-39(37)45-41;/h23-26,28-34H,3-22,27,35-36H2,1-2H3;1H/q+1;/p-1. The SMILES string of the molecule is CCCCCCCCCCCCCCCCCCCCCCN1C(=CC=Cc2oc3ccccc3[n+]2CCC)Oc2ccccc21.[I-]. The van der Waals surface area contributed by atoms with Crippen molar-refractivity contribution in [1.29, 1.82) is 0 Å². The van der Waals surface area contributed by atoms with Gasteiger partial charge in [-0.3, -0.25) is 0 Å². The molecule has 0 radical (unpaired) electrons. The quantitative estimate of drug-likeness (QED) is 0.0491. The van der Waals surface area contributed by atoms with Crippen molar-refractivity contribution in [1.82, 2.24) is 0 Å². The summed E-state index contributed by atoms with van der Waals surface area (Å²) in [7, 11) is 0. The number of anilines is 1. The van der Waals surface area contributed by atoms with E-state index in [0.717, 1.165) is 48.1 Å². The van der Waals surface area contributed by atoms with Crippen molar-refractivity contribution in [2.24, 2.45) is 0 Å². The second-order valence-corrected chi connectivity index (χ2v) is 13.4. The number of aryl methyl sites for hydroxylation is 1. The minimum atomic E-state index is 0. The molecule has 5 heteroatoms. The number of ether oxygens (including phenoxy) is 1. The van der Waals surface area contributed by atoms with Gasteiger partial charge in [0.2, 0.25) is 11.5 Å². The van der Waals surface area contributed by atoms with E-state index >= 15 is 0 Å². The van der Waals surface area contributed by atoms with Crippen molar-refractivity contribution >= 4 is 22.9 Å². The summed E-state index contributed by atoms with van der Waals surface area (Å²) in [5.74, 6) is 2.71. The van der Waals surface area contributed by atoms with Gasteiger partial charge in [-0.2, -0.15) is 4.57 Å². The number of nitrogens with zero attached hydrogens (tertiary/aromatic N) is 2. The molecule has 4 nitrogen and oxygen atoms in total. The van der Waals surface area contributed by atoms with Crippen molar-refractivity contribution < 1.29 is 37.7 Å². The summed E-state index contributed by atoms with van der Waals surface area (Å²) in [5.41, 5.74) is 3.24. The van der Waals surface area contributed by atoms with Crippen LogP contribution in [0.25, 0.3) is 17.2 Å². The Morgan fingerprint density at radius 1 is 0.617 bits per heavy atom. The Labute approximate surface area is 304 Å². The number of allylic oxidation sites excluding steroid dienone is 2. The maximum atomic E-state index is 6.29. The molecule has 260 valence electrons. The van der Waals surface area contributed by atoms with Gasteiger partial charge in [0.1, 0.15) is 0 Å². The summed E-state index contributed by atoms with van der Waals surface area (Å²) in [6, 6.07) is 16.7. The molecule has 0 spiro atoms. The van der Waals surface area contributed by atoms with Gasteiger partial charge in [-0.1, -0.05) is 160 Å². The second-order valence-electron chi connectivity index (χ2n) is 13.4. The highest BCUT2D eigenvalue weighted by Crippen LogP contribution is 2.38. The lowest BCUT2D eigenvalue weighted by atomic mass is 10.0. The van der Waals surface area contributed by atoms with Crippen molar-refractivity contribution in [3.63, 3.8) is 0 Å². The molecule has 47 heavy (non-hydrogen) atoms. The zero-order valence-electron chi connectivity index (χ0n) is 29.7. The number of para-hydroxylation sites is 4. The van der Waals surface area contributed by atoms with Gasteiger partial charge in [-0.25, -0.2) is 0 Å². The van der Waals surface area contributed by atoms with Gasteiger partial charge < -0.3 is 38.0 Å². The molecule has 3 aromatic rings. The Morgan fingerprint density at radius 2 is 1.15 bits per heavy atom. The van der Waals surface area contributed by atoms with Gasteiger partial charge in [0.25, 0.3) is 5.52 Å².